The lowest BCUT2D eigenvalue weighted by Gasteiger charge is -2.12. The number of amides is 4. The molecule has 0 spiro atoms. The number of imide groups is 2. The molecule has 6 heteroatoms. The predicted octanol–water partition coefficient (Wildman–Crippen LogP) is 4.28. The van der Waals surface area contributed by atoms with Gasteiger partial charge in [-0.1, -0.05) is 64.1 Å². The molecular formula is C24H26N2O4. The number of carbonyl (C=O) groups excluding carboxylic acids is 4. The van der Waals surface area contributed by atoms with Crippen molar-refractivity contribution in [3.8, 4) is 0 Å². The number of anilines is 2. The molecule has 30 heavy (non-hydrogen) atoms. The fourth-order valence-corrected chi connectivity index (χ4v) is 2.46. The van der Waals surface area contributed by atoms with Crippen molar-refractivity contribution in [1.82, 2.24) is 0 Å². The summed E-state index contributed by atoms with van der Waals surface area (Å²) < 4.78 is 0. The van der Waals surface area contributed by atoms with Crippen molar-refractivity contribution in [3.05, 3.63) is 85.0 Å². The third kappa shape index (κ3) is 6.10. The van der Waals surface area contributed by atoms with Gasteiger partial charge in [-0.05, 0) is 24.3 Å². The topological polar surface area (TPSA) is 74.8 Å². The highest BCUT2D eigenvalue weighted by Crippen LogP contribution is 2.18. The molecule has 2 aliphatic heterocycles. The highest BCUT2D eigenvalue weighted by atomic mass is 16.2. The first-order valence-electron chi connectivity index (χ1n) is 9.22. The Kier molecular flexibility index (Phi) is 9.62. The van der Waals surface area contributed by atoms with Gasteiger partial charge in [0.1, 0.15) is 0 Å². The van der Waals surface area contributed by atoms with Gasteiger partial charge < -0.3 is 0 Å². The standard InChI is InChI=1S/2C10H7NO2.C3H8.CH4/c2*12-9-6-7-10(13)11(9)8-4-2-1-3-5-8;1-3-2;/h2*1-7H;3H2,1-2H3;1H4. The van der Waals surface area contributed by atoms with E-state index in [1.54, 1.807) is 48.5 Å². The molecule has 2 heterocycles. The molecule has 0 unspecified atom stereocenters. The van der Waals surface area contributed by atoms with Crippen molar-refractivity contribution in [2.75, 3.05) is 9.80 Å². The second kappa shape index (κ2) is 11.9. The Morgan fingerprint density at radius 2 is 0.767 bits per heavy atom. The quantitative estimate of drug-likeness (QED) is 0.698. The Morgan fingerprint density at radius 3 is 1.00 bits per heavy atom. The van der Waals surface area contributed by atoms with Crippen molar-refractivity contribution in [3.63, 3.8) is 0 Å². The Labute approximate surface area is 177 Å². The van der Waals surface area contributed by atoms with E-state index in [2.05, 4.69) is 13.8 Å². The van der Waals surface area contributed by atoms with E-state index < -0.39 is 0 Å². The van der Waals surface area contributed by atoms with Gasteiger partial charge in [0, 0.05) is 24.3 Å². The maximum absolute atomic E-state index is 11.2. The molecular weight excluding hydrogens is 380 g/mol. The summed E-state index contributed by atoms with van der Waals surface area (Å²) in [6.07, 6.45) is 6.34. The number of carbonyl (C=O) groups is 4. The molecule has 2 aromatic rings. The van der Waals surface area contributed by atoms with Crippen LogP contribution in [0.25, 0.3) is 0 Å². The van der Waals surface area contributed by atoms with Gasteiger partial charge in [0.05, 0.1) is 11.4 Å². The van der Waals surface area contributed by atoms with E-state index in [0.29, 0.717) is 11.4 Å². The van der Waals surface area contributed by atoms with Crippen molar-refractivity contribution >= 4 is 35.0 Å². The fraction of sp³-hybridized carbons (Fsp3) is 0.167. The summed E-state index contributed by atoms with van der Waals surface area (Å²) in [6.45, 7) is 4.25. The lowest BCUT2D eigenvalue weighted by atomic mass is 10.3. The van der Waals surface area contributed by atoms with Gasteiger partial charge in [-0.2, -0.15) is 0 Å². The molecule has 2 aromatic carbocycles. The van der Waals surface area contributed by atoms with E-state index >= 15 is 0 Å². The molecule has 0 saturated carbocycles. The monoisotopic (exact) mass is 406 g/mol. The van der Waals surface area contributed by atoms with Crippen LogP contribution >= 0.6 is 0 Å². The molecule has 0 atom stereocenters. The number of hydrogen-bond acceptors (Lipinski definition) is 4. The number of benzene rings is 2. The molecule has 4 rings (SSSR count). The van der Waals surface area contributed by atoms with E-state index in [0.717, 1.165) is 9.80 Å². The molecule has 4 amide bonds. The average molecular weight is 406 g/mol. The van der Waals surface area contributed by atoms with E-state index in [-0.39, 0.29) is 31.1 Å². The van der Waals surface area contributed by atoms with E-state index in [4.69, 9.17) is 0 Å². The first-order chi connectivity index (χ1) is 14.0. The summed E-state index contributed by atoms with van der Waals surface area (Å²) in [7, 11) is 0. The molecule has 0 bridgehead atoms. The lowest BCUT2D eigenvalue weighted by Crippen LogP contribution is -2.29. The normalized spacial score (nSPS) is 14.1. The van der Waals surface area contributed by atoms with Gasteiger partial charge in [-0.3, -0.25) is 19.2 Å². The number of hydrogen-bond donors (Lipinski definition) is 0. The summed E-state index contributed by atoms with van der Waals surface area (Å²) in [5, 5.41) is 0. The summed E-state index contributed by atoms with van der Waals surface area (Å²) >= 11 is 0. The molecule has 0 aliphatic carbocycles. The van der Waals surface area contributed by atoms with Crippen molar-refractivity contribution < 1.29 is 19.2 Å². The van der Waals surface area contributed by atoms with E-state index in [1.165, 1.54) is 30.7 Å². The Bertz CT molecular complexity index is 821. The zero-order chi connectivity index (χ0) is 21.2. The Morgan fingerprint density at radius 1 is 0.533 bits per heavy atom. The third-order valence-electron chi connectivity index (χ3n) is 3.65. The summed E-state index contributed by atoms with van der Waals surface area (Å²) in [5.74, 6) is -1.13. The maximum atomic E-state index is 11.2. The Balaban J connectivity index is 0.000000258. The minimum absolute atomic E-state index is 0. The molecule has 0 radical (unpaired) electrons. The molecule has 0 aromatic heterocycles. The van der Waals surface area contributed by atoms with Crippen LogP contribution in [0.2, 0.25) is 0 Å². The van der Waals surface area contributed by atoms with Crippen LogP contribution in [0, 0.1) is 0 Å². The minimum Gasteiger partial charge on any atom is -0.269 e. The lowest BCUT2D eigenvalue weighted by molar-refractivity contribution is -0.121. The second-order valence-corrected chi connectivity index (χ2v) is 6.07. The molecule has 0 fully saturated rings. The van der Waals surface area contributed by atoms with Crippen molar-refractivity contribution in [2.45, 2.75) is 27.7 Å². The second-order valence-electron chi connectivity index (χ2n) is 6.07. The van der Waals surface area contributed by atoms with Gasteiger partial charge >= 0.3 is 0 Å². The first-order valence-corrected chi connectivity index (χ1v) is 9.22. The van der Waals surface area contributed by atoms with Crippen LogP contribution in [0.3, 0.4) is 0 Å². The molecule has 0 N–H and O–H groups in total. The van der Waals surface area contributed by atoms with Gasteiger partial charge in [0.25, 0.3) is 23.6 Å². The fourth-order valence-electron chi connectivity index (χ4n) is 2.46. The first kappa shape index (κ1) is 24.2. The smallest absolute Gasteiger partial charge is 0.258 e. The summed E-state index contributed by atoms with van der Waals surface area (Å²) in [5.41, 5.74) is 1.23. The predicted molar refractivity (Wildman–Crippen MR) is 119 cm³/mol. The van der Waals surface area contributed by atoms with Gasteiger partial charge in [-0.15, -0.1) is 0 Å². The summed E-state index contributed by atoms with van der Waals surface area (Å²) in [6, 6.07) is 17.7. The van der Waals surface area contributed by atoms with Crippen LogP contribution in [-0.2, 0) is 19.2 Å². The summed E-state index contributed by atoms with van der Waals surface area (Å²) in [4.78, 5) is 47.1. The van der Waals surface area contributed by atoms with Gasteiger partial charge in [0.15, 0.2) is 0 Å². The number of para-hydroxylation sites is 2. The zero-order valence-electron chi connectivity index (χ0n) is 16.3. The SMILES string of the molecule is C.CCC.O=C1C=CC(=O)N1c1ccccc1.O=C1C=CC(=O)N1c1ccccc1. The zero-order valence-corrected chi connectivity index (χ0v) is 16.3. The average Bonchev–Trinajstić information content (AvgIpc) is 3.25. The molecule has 2 aliphatic rings. The molecule has 0 saturated heterocycles. The molecule has 6 nitrogen and oxygen atoms in total. The third-order valence-corrected chi connectivity index (χ3v) is 3.65. The largest absolute Gasteiger partial charge is 0.269 e. The van der Waals surface area contributed by atoms with Crippen molar-refractivity contribution in [2.24, 2.45) is 0 Å². The van der Waals surface area contributed by atoms with Crippen molar-refractivity contribution in [1.29, 1.82) is 0 Å². The number of rotatable bonds is 2. The van der Waals surface area contributed by atoms with E-state index in [9.17, 15) is 19.2 Å². The van der Waals surface area contributed by atoms with Gasteiger partial charge in [-0.25, -0.2) is 9.80 Å². The van der Waals surface area contributed by atoms with Crippen LogP contribution in [0.5, 0.6) is 0 Å². The highest BCUT2D eigenvalue weighted by Gasteiger charge is 2.25. The molecule has 156 valence electrons. The van der Waals surface area contributed by atoms with E-state index in [1.807, 2.05) is 12.1 Å². The minimum atomic E-state index is -0.281. The Hall–Kier alpha value is -3.80. The van der Waals surface area contributed by atoms with Crippen LogP contribution in [0.15, 0.2) is 85.0 Å². The van der Waals surface area contributed by atoms with Crippen LogP contribution < -0.4 is 9.80 Å². The highest BCUT2D eigenvalue weighted by molar-refractivity contribution is 6.28. The maximum Gasteiger partial charge on any atom is 0.258 e. The van der Waals surface area contributed by atoms with Gasteiger partial charge in [0.2, 0.25) is 0 Å². The van der Waals surface area contributed by atoms with Crippen LogP contribution in [-0.4, -0.2) is 23.6 Å². The van der Waals surface area contributed by atoms with Crippen LogP contribution in [0.1, 0.15) is 27.7 Å². The van der Waals surface area contributed by atoms with Crippen LogP contribution in [0.4, 0.5) is 11.4 Å². The number of nitrogens with zero attached hydrogens (tertiary/aromatic N) is 2.